The minimum atomic E-state index is 0.337. The summed E-state index contributed by atoms with van der Waals surface area (Å²) >= 11 is 14.2. The van der Waals surface area contributed by atoms with Crippen LogP contribution in [0, 0.1) is 0 Å². The van der Waals surface area contributed by atoms with Gasteiger partial charge in [-0.05, 0) is 38.1 Å². The molecule has 8 nitrogen and oxygen atoms in total. The highest BCUT2D eigenvalue weighted by Gasteiger charge is 2.47. The number of pyridine rings is 2. The van der Waals surface area contributed by atoms with Crippen LogP contribution in [-0.2, 0) is 13.1 Å². The normalized spacial score (nSPS) is 18.0. The average Bonchev–Trinajstić information content (AvgIpc) is 3.03. The number of ether oxygens (including phenoxy) is 2. The third kappa shape index (κ3) is 6.03. The zero-order chi connectivity index (χ0) is 31.0. The van der Waals surface area contributed by atoms with Gasteiger partial charge in [0.2, 0.25) is 11.8 Å². The Hall–Kier alpha value is -3.24. The van der Waals surface area contributed by atoms with Gasteiger partial charge in [0.15, 0.2) is 0 Å². The number of aromatic nitrogens is 2. The number of nitrogens with zero attached hydrogens (tertiary/aromatic N) is 4. The van der Waals surface area contributed by atoms with Crippen molar-refractivity contribution in [2.24, 2.45) is 0 Å². The summed E-state index contributed by atoms with van der Waals surface area (Å²) in [6.45, 7) is 7.81. The lowest BCUT2D eigenvalue weighted by Crippen LogP contribution is -2.75. The highest BCUT2D eigenvalue weighted by atomic mass is 35.5. The van der Waals surface area contributed by atoms with Gasteiger partial charge in [0.1, 0.15) is 0 Å². The van der Waals surface area contributed by atoms with Crippen LogP contribution < -0.4 is 20.1 Å². The van der Waals surface area contributed by atoms with Crippen molar-refractivity contribution in [1.82, 2.24) is 30.4 Å². The fourth-order valence-electron chi connectivity index (χ4n) is 6.74. The van der Waals surface area contributed by atoms with Gasteiger partial charge >= 0.3 is 0 Å². The third-order valence-corrected chi connectivity index (χ3v) is 10.0. The van der Waals surface area contributed by atoms with Crippen LogP contribution in [0.5, 0.6) is 11.8 Å². The molecule has 0 aliphatic carbocycles. The Kier molecular flexibility index (Phi) is 8.70. The van der Waals surface area contributed by atoms with E-state index < -0.39 is 0 Å². The second-order valence-electron chi connectivity index (χ2n) is 12.2. The van der Waals surface area contributed by atoms with Gasteiger partial charge < -0.3 is 20.1 Å². The second-order valence-corrected chi connectivity index (χ2v) is 13.0. The van der Waals surface area contributed by atoms with Crippen molar-refractivity contribution in [3.63, 3.8) is 0 Å². The number of hydrogen-bond acceptors (Lipinski definition) is 8. The van der Waals surface area contributed by atoms with Crippen LogP contribution in [0.1, 0.15) is 24.0 Å². The number of likely N-dealkylation sites (tertiary alicyclic amines) is 1. The monoisotopic (exact) mass is 644 g/mol. The summed E-state index contributed by atoms with van der Waals surface area (Å²) in [7, 11) is 3.33. The molecule has 4 aromatic rings. The Morgan fingerprint density at radius 2 is 1.27 bits per heavy atom. The number of nitrogens with one attached hydrogen (secondary N) is 2. The minimum absolute atomic E-state index is 0.337. The van der Waals surface area contributed by atoms with E-state index in [0.717, 1.165) is 104 Å². The van der Waals surface area contributed by atoms with Gasteiger partial charge in [0.25, 0.3) is 0 Å². The molecule has 2 N–H and O–H groups in total. The molecule has 0 radical (unpaired) electrons. The third-order valence-electron chi connectivity index (χ3n) is 9.21. The van der Waals surface area contributed by atoms with E-state index in [-0.39, 0.29) is 0 Å². The molecular formula is C35H38Cl2N6O2. The first-order valence-corrected chi connectivity index (χ1v) is 16.3. The zero-order valence-corrected chi connectivity index (χ0v) is 27.2. The minimum Gasteiger partial charge on any atom is -0.481 e. The van der Waals surface area contributed by atoms with Crippen molar-refractivity contribution in [3.05, 3.63) is 81.8 Å². The molecule has 0 unspecified atom stereocenters. The Labute approximate surface area is 274 Å². The molecule has 0 atom stereocenters. The molecule has 7 rings (SSSR count). The predicted octanol–water partition coefficient (Wildman–Crippen LogP) is 6.10. The summed E-state index contributed by atoms with van der Waals surface area (Å²) in [4.78, 5) is 14.5. The predicted molar refractivity (Wildman–Crippen MR) is 180 cm³/mol. The van der Waals surface area contributed by atoms with E-state index in [1.165, 1.54) is 6.42 Å². The molecule has 45 heavy (non-hydrogen) atoms. The largest absolute Gasteiger partial charge is 0.481 e. The maximum Gasteiger partial charge on any atom is 0.218 e. The molecule has 234 valence electrons. The molecule has 0 saturated carbocycles. The number of methoxy groups -OCH3 is 2. The lowest BCUT2D eigenvalue weighted by molar-refractivity contribution is -0.0113. The smallest absolute Gasteiger partial charge is 0.218 e. The number of halogens is 2. The first-order valence-electron chi connectivity index (χ1n) is 15.5. The van der Waals surface area contributed by atoms with E-state index in [1.807, 2.05) is 48.5 Å². The van der Waals surface area contributed by atoms with Gasteiger partial charge in [-0.1, -0.05) is 71.7 Å². The summed E-state index contributed by atoms with van der Waals surface area (Å²) in [5.41, 5.74) is 7.23. The van der Waals surface area contributed by atoms with Gasteiger partial charge in [-0.3, -0.25) is 9.80 Å². The standard InChI is InChI=1S/C35H38Cl2N6O2/c1-44-33-23(18-42-17-5-15-38-22-42)10-12-29(40-33)27-8-3-6-25(31(27)36)26-7-4-9-28(32(26)37)30-13-11-24(34(41-30)45-2)19-43-20-35(21-43)14-16-39-35/h3-4,6-13,38-39H,5,14-22H2,1-2H3. The number of hydrogen-bond donors (Lipinski definition) is 2. The Morgan fingerprint density at radius 3 is 1.73 bits per heavy atom. The molecule has 0 amide bonds. The van der Waals surface area contributed by atoms with Gasteiger partial charge in [0.05, 0.1) is 35.7 Å². The SMILES string of the molecule is COc1nc(-c2cccc(-c3cccc(-c4ccc(CN5CC6(CCN6)C5)c(OC)n4)c3Cl)c2Cl)ccc1CN1CCCNC1. The van der Waals surface area contributed by atoms with Gasteiger partial charge in [-0.2, -0.15) is 0 Å². The Bertz CT molecular complexity index is 1700. The molecule has 0 bridgehead atoms. The van der Waals surface area contributed by atoms with Crippen molar-refractivity contribution < 1.29 is 9.47 Å². The van der Waals surface area contributed by atoms with Crippen LogP contribution in [0.2, 0.25) is 10.0 Å². The molecule has 3 aliphatic rings. The topological polar surface area (TPSA) is 74.8 Å². The van der Waals surface area contributed by atoms with Crippen molar-refractivity contribution in [3.8, 4) is 45.4 Å². The summed E-state index contributed by atoms with van der Waals surface area (Å²) in [5.74, 6) is 1.23. The van der Waals surface area contributed by atoms with Crippen LogP contribution >= 0.6 is 23.2 Å². The van der Waals surface area contributed by atoms with E-state index in [4.69, 9.17) is 42.6 Å². The van der Waals surface area contributed by atoms with E-state index >= 15 is 0 Å². The van der Waals surface area contributed by atoms with Crippen molar-refractivity contribution in [2.45, 2.75) is 31.5 Å². The summed E-state index contributed by atoms with van der Waals surface area (Å²) in [6.07, 6.45) is 2.39. The van der Waals surface area contributed by atoms with Gasteiger partial charge in [-0.15, -0.1) is 0 Å². The molecule has 3 fully saturated rings. The summed E-state index contributed by atoms with van der Waals surface area (Å²) in [5, 5.41) is 8.15. The fourth-order valence-corrected chi connectivity index (χ4v) is 7.39. The highest BCUT2D eigenvalue weighted by molar-refractivity contribution is 6.39. The van der Waals surface area contributed by atoms with E-state index in [2.05, 4.69) is 32.6 Å². The first-order chi connectivity index (χ1) is 22.0. The van der Waals surface area contributed by atoms with E-state index in [0.29, 0.717) is 27.3 Å². The van der Waals surface area contributed by atoms with E-state index in [1.54, 1.807) is 14.2 Å². The maximum absolute atomic E-state index is 7.11. The number of rotatable bonds is 9. The lowest BCUT2D eigenvalue weighted by atomic mass is 9.80. The van der Waals surface area contributed by atoms with Crippen LogP contribution in [0.4, 0.5) is 0 Å². The van der Waals surface area contributed by atoms with Crippen molar-refractivity contribution >= 4 is 23.2 Å². The molecular weight excluding hydrogens is 607 g/mol. The first kappa shape index (κ1) is 30.4. The van der Waals surface area contributed by atoms with Gasteiger partial charge in [0, 0.05) is 78.3 Å². The maximum atomic E-state index is 7.11. The molecule has 2 aromatic carbocycles. The van der Waals surface area contributed by atoms with Crippen LogP contribution in [0.25, 0.3) is 33.6 Å². The molecule has 2 aromatic heterocycles. The van der Waals surface area contributed by atoms with Crippen LogP contribution in [0.15, 0.2) is 60.7 Å². The van der Waals surface area contributed by atoms with Crippen LogP contribution in [-0.4, -0.2) is 78.9 Å². The molecule has 3 saturated heterocycles. The molecule has 3 aliphatic heterocycles. The van der Waals surface area contributed by atoms with E-state index in [9.17, 15) is 0 Å². The second kappa shape index (κ2) is 12.9. The molecule has 1 spiro atoms. The van der Waals surface area contributed by atoms with Crippen molar-refractivity contribution in [2.75, 3.05) is 53.6 Å². The Morgan fingerprint density at radius 1 is 0.733 bits per heavy atom. The Balaban J connectivity index is 1.15. The fraction of sp³-hybridized carbons (Fsp3) is 0.371. The van der Waals surface area contributed by atoms with Crippen LogP contribution in [0.3, 0.4) is 0 Å². The quantitative estimate of drug-likeness (QED) is 0.226. The summed E-state index contributed by atoms with van der Waals surface area (Å²) in [6, 6.07) is 20.1. The lowest BCUT2D eigenvalue weighted by Gasteiger charge is -2.56. The molecule has 10 heteroatoms. The highest BCUT2D eigenvalue weighted by Crippen LogP contribution is 2.42. The number of benzene rings is 2. The average molecular weight is 646 g/mol. The summed E-state index contributed by atoms with van der Waals surface area (Å²) < 4.78 is 11.5. The zero-order valence-electron chi connectivity index (χ0n) is 25.7. The van der Waals surface area contributed by atoms with Gasteiger partial charge in [-0.25, -0.2) is 9.97 Å². The van der Waals surface area contributed by atoms with Crippen molar-refractivity contribution in [1.29, 1.82) is 0 Å². The molecule has 5 heterocycles.